The van der Waals surface area contributed by atoms with Crippen LogP contribution >= 0.6 is 0 Å². The largest absolute Gasteiger partial charge is 0.478 e. The van der Waals surface area contributed by atoms with E-state index in [1.54, 1.807) is 0 Å². The van der Waals surface area contributed by atoms with Crippen LogP contribution in [0.3, 0.4) is 0 Å². The maximum Gasteiger partial charge on any atom is 0.338 e. The first-order valence-corrected chi connectivity index (χ1v) is 7.10. The van der Waals surface area contributed by atoms with Crippen LogP contribution in [-0.4, -0.2) is 39.2 Å². The molecule has 3 N–H and O–H groups in total. The van der Waals surface area contributed by atoms with Crippen LogP contribution in [0, 0.1) is 5.92 Å². The van der Waals surface area contributed by atoms with Gasteiger partial charge in [0.1, 0.15) is 5.69 Å². The van der Waals surface area contributed by atoms with Crippen molar-refractivity contribution in [2.24, 2.45) is 5.92 Å². The lowest BCUT2D eigenvalue weighted by Crippen LogP contribution is -2.45. The van der Waals surface area contributed by atoms with Crippen molar-refractivity contribution >= 4 is 11.9 Å². The van der Waals surface area contributed by atoms with Crippen molar-refractivity contribution in [1.82, 2.24) is 10.3 Å². The predicted octanol–water partition coefficient (Wildman–Crippen LogP) is 1.45. The predicted molar refractivity (Wildman–Crippen MR) is 76.1 cm³/mol. The number of carboxylic acid groups (broad SMARTS) is 1. The summed E-state index contributed by atoms with van der Waals surface area (Å²) in [6.45, 7) is 2.26. The SMILES string of the molecule is CC1CCC(O)(CNC(=O)c2ncccc2C(=O)O)CC1. The van der Waals surface area contributed by atoms with Gasteiger partial charge in [-0.15, -0.1) is 0 Å². The Bertz CT molecular complexity index is 536. The lowest BCUT2D eigenvalue weighted by Gasteiger charge is -2.34. The highest BCUT2D eigenvalue weighted by Gasteiger charge is 2.32. The van der Waals surface area contributed by atoms with Gasteiger partial charge in [0.15, 0.2) is 0 Å². The minimum absolute atomic E-state index is 0.119. The van der Waals surface area contributed by atoms with Crippen molar-refractivity contribution in [2.75, 3.05) is 6.54 Å². The van der Waals surface area contributed by atoms with Crippen molar-refractivity contribution in [3.05, 3.63) is 29.6 Å². The molecule has 0 aliphatic heterocycles. The number of amides is 1. The molecule has 0 unspecified atom stereocenters. The Balaban J connectivity index is 2.01. The Kier molecular flexibility index (Phi) is 4.57. The van der Waals surface area contributed by atoms with E-state index in [4.69, 9.17) is 5.11 Å². The molecular weight excluding hydrogens is 272 g/mol. The Morgan fingerprint density at radius 3 is 2.71 bits per heavy atom. The summed E-state index contributed by atoms with van der Waals surface area (Å²) in [4.78, 5) is 27.0. The highest BCUT2D eigenvalue weighted by molar-refractivity contribution is 6.03. The summed E-state index contributed by atoms with van der Waals surface area (Å²) in [5.74, 6) is -1.17. The molecular formula is C15H20N2O4. The van der Waals surface area contributed by atoms with Gasteiger partial charge in [0.2, 0.25) is 0 Å². The fourth-order valence-electron chi connectivity index (χ4n) is 2.56. The van der Waals surface area contributed by atoms with E-state index in [-0.39, 0.29) is 17.8 Å². The first kappa shape index (κ1) is 15.4. The van der Waals surface area contributed by atoms with Crippen LogP contribution in [0.5, 0.6) is 0 Å². The van der Waals surface area contributed by atoms with Crippen LogP contribution in [0.1, 0.15) is 53.5 Å². The van der Waals surface area contributed by atoms with E-state index in [1.165, 1.54) is 18.3 Å². The fraction of sp³-hybridized carbons (Fsp3) is 0.533. The van der Waals surface area contributed by atoms with E-state index in [9.17, 15) is 14.7 Å². The van der Waals surface area contributed by atoms with Gasteiger partial charge in [0, 0.05) is 12.7 Å². The molecule has 0 bridgehead atoms. The minimum atomic E-state index is -1.20. The Morgan fingerprint density at radius 2 is 2.10 bits per heavy atom. The van der Waals surface area contributed by atoms with Gasteiger partial charge in [-0.25, -0.2) is 4.79 Å². The smallest absolute Gasteiger partial charge is 0.338 e. The lowest BCUT2D eigenvalue weighted by molar-refractivity contribution is -0.00544. The van der Waals surface area contributed by atoms with Crippen LogP contribution in [0.25, 0.3) is 0 Å². The highest BCUT2D eigenvalue weighted by atomic mass is 16.4. The van der Waals surface area contributed by atoms with Crippen molar-refractivity contribution < 1.29 is 19.8 Å². The molecule has 1 aromatic rings. The van der Waals surface area contributed by atoms with E-state index in [0.717, 1.165) is 12.8 Å². The number of carbonyl (C=O) groups is 2. The molecule has 0 aromatic carbocycles. The molecule has 1 amide bonds. The summed E-state index contributed by atoms with van der Waals surface area (Å²) in [6.07, 6.45) is 4.51. The van der Waals surface area contributed by atoms with Gasteiger partial charge in [-0.1, -0.05) is 6.92 Å². The van der Waals surface area contributed by atoms with Gasteiger partial charge in [-0.3, -0.25) is 9.78 Å². The first-order valence-electron chi connectivity index (χ1n) is 7.10. The molecule has 0 atom stereocenters. The average Bonchev–Trinajstić information content (AvgIpc) is 2.48. The Hall–Kier alpha value is -1.95. The zero-order chi connectivity index (χ0) is 15.5. The van der Waals surface area contributed by atoms with E-state index < -0.39 is 17.5 Å². The van der Waals surface area contributed by atoms with Gasteiger partial charge in [0.05, 0.1) is 11.2 Å². The summed E-state index contributed by atoms with van der Waals surface area (Å²) in [6, 6.07) is 2.80. The molecule has 1 heterocycles. The van der Waals surface area contributed by atoms with Crippen LogP contribution < -0.4 is 5.32 Å². The molecule has 21 heavy (non-hydrogen) atoms. The van der Waals surface area contributed by atoms with Crippen LogP contribution in [0.2, 0.25) is 0 Å². The fourth-order valence-corrected chi connectivity index (χ4v) is 2.56. The van der Waals surface area contributed by atoms with Crippen molar-refractivity contribution in [3.8, 4) is 0 Å². The molecule has 1 aromatic heterocycles. The van der Waals surface area contributed by atoms with Crippen LogP contribution in [0.4, 0.5) is 0 Å². The maximum absolute atomic E-state index is 12.1. The summed E-state index contributed by atoms with van der Waals surface area (Å²) in [5, 5.41) is 22.1. The lowest BCUT2D eigenvalue weighted by atomic mass is 9.79. The third kappa shape index (κ3) is 3.78. The number of nitrogens with one attached hydrogen (secondary N) is 1. The van der Waals surface area contributed by atoms with Crippen LogP contribution in [-0.2, 0) is 0 Å². The van der Waals surface area contributed by atoms with Crippen molar-refractivity contribution in [3.63, 3.8) is 0 Å². The number of hydrogen-bond acceptors (Lipinski definition) is 4. The first-order chi connectivity index (χ1) is 9.91. The molecule has 2 rings (SSSR count). The van der Waals surface area contributed by atoms with Gasteiger partial charge in [0.25, 0.3) is 5.91 Å². The number of hydrogen-bond donors (Lipinski definition) is 3. The van der Waals surface area contributed by atoms with Gasteiger partial charge in [-0.05, 0) is 43.7 Å². The molecule has 6 heteroatoms. The average molecular weight is 292 g/mol. The number of aliphatic hydroxyl groups is 1. The number of nitrogens with zero attached hydrogens (tertiary/aromatic N) is 1. The second-order valence-electron chi connectivity index (χ2n) is 5.79. The number of carboxylic acids is 1. The van der Waals surface area contributed by atoms with E-state index in [0.29, 0.717) is 18.8 Å². The molecule has 1 aliphatic carbocycles. The standard InChI is InChI=1S/C15H20N2O4/c1-10-4-6-15(21,7-5-10)9-17-13(18)12-11(14(19)20)3-2-8-16-12/h2-3,8,10,21H,4-7,9H2,1H3,(H,17,18)(H,19,20). The molecule has 1 aliphatic rings. The second kappa shape index (κ2) is 6.22. The van der Waals surface area contributed by atoms with Gasteiger partial charge in [-0.2, -0.15) is 0 Å². The molecule has 6 nitrogen and oxygen atoms in total. The number of carbonyl (C=O) groups excluding carboxylic acids is 1. The molecule has 0 radical (unpaired) electrons. The minimum Gasteiger partial charge on any atom is -0.478 e. The van der Waals surface area contributed by atoms with Gasteiger partial charge >= 0.3 is 5.97 Å². The molecule has 0 spiro atoms. The highest BCUT2D eigenvalue weighted by Crippen LogP contribution is 2.31. The summed E-state index contributed by atoms with van der Waals surface area (Å²) >= 11 is 0. The summed E-state index contributed by atoms with van der Waals surface area (Å²) in [7, 11) is 0. The normalized spacial score (nSPS) is 25.3. The van der Waals surface area contributed by atoms with Gasteiger partial charge < -0.3 is 15.5 Å². The number of pyridine rings is 1. The molecule has 1 saturated carbocycles. The molecule has 0 saturated heterocycles. The molecule has 114 valence electrons. The zero-order valence-electron chi connectivity index (χ0n) is 12.0. The van der Waals surface area contributed by atoms with Crippen LogP contribution in [0.15, 0.2) is 18.3 Å². The second-order valence-corrected chi connectivity index (χ2v) is 5.79. The number of rotatable bonds is 4. The third-order valence-corrected chi connectivity index (χ3v) is 4.04. The maximum atomic E-state index is 12.1. The monoisotopic (exact) mass is 292 g/mol. The van der Waals surface area contributed by atoms with E-state index >= 15 is 0 Å². The topological polar surface area (TPSA) is 99.5 Å². The number of aromatic nitrogens is 1. The summed E-state index contributed by atoms with van der Waals surface area (Å²) in [5.41, 5.74) is -1.17. The van der Waals surface area contributed by atoms with Crippen molar-refractivity contribution in [1.29, 1.82) is 0 Å². The summed E-state index contributed by atoms with van der Waals surface area (Å²) < 4.78 is 0. The quantitative estimate of drug-likeness (QED) is 0.780. The number of aromatic carboxylic acids is 1. The zero-order valence-corrected chi connectivity index (χ0v) is 12.0. The third-order valence-electron chi connectivity index (χ3n) is 4.04. The Labute approximate surface area is 123 Å². The van der Waals surface area contributed by atoms with E-state index in [2.05, 4.69) is 17.2 Å². The van der Waals surface area contributed by atoms with Crippen molar-refractivity contribution in [2.45, 2.75) is 38.2 Å². The van der Waals surface area contributed by atoms with E-state index in [1.807, 2.05) is 0 Å². The Morgan fingerprint density at radius 1 is 1.43 bits per heavy atom. The molecule has 1 fully saturated rings.